The molecule has 4 N–H and O–H groups in total. The van der Waals surface area contributed by atoms with Crippen molar-refractivity contribution >= 4 is 5.96 Å². The number of aliphatic hydroxyl groups is 1. The zero-order valence-electron chi connectivity index (χ0n) is 14.2. The van der Waals surface area contributed by atoms with Crippen molar-refractivity contribution in [2.75, 3.05) is 6.54 Å². The third kappa shape index (κ3) is 8.03. The van der Waals surface area contributed by atoms with Gasteiger partial charge in [-0.3, -0.25) is 4.99 Å². The number of guanidine groups is 1. The minimum absolute atomic E-state index is 0.0873. The second kappa shape index (κ2) is 10.2. The molecule has 0 fully saturated rings. The van der Waals surface area contributed by atoms with Crippen LogP contribution >= 0.6 is 0 Å². The Bertz CT molecular complexity index is 440. The highest BCUT2D eigenvalue weighted by molar-refractivity contribution is 5.78. The van der Waals surface area contributed by atoms with E-state index >= 15 is 0 Å². The molecular formula is C18H31N3O. The quantitative estimate of drug-likeness (QED) is 0.485. The maximum atomic E-state index is 9.01. The molecule has 0 aliphatic heterocycles. The number of aliphatic imine (C=N–C) groups is 1. The Balaban J connectivity index is 2.26. The lowest BCUT2D eigenvalue weighted by molar-refractivity contribution is 0.282. The van der Waals surface area contributed by atoms with Crippen molar-refractivity contribution in [3.8, 4) is 0 Å². The van der Waals surface area contributed by atoms with Crippen LogP contribution in [-0.4, -0.2) is 23.7 Å². The van der Waals surface area contributed by atoms with Crippen LogP contribution in [0.3, 0.4) is 0 Å². The van der Waals surface area contributed by atoms with Gasteiger partial charge in [0.15, 0.2) is 5.96 Å². The molecule has 0 amide bonds. The standard InChI is InChI=1S/C18H31N3O/c1-14(2)5-4-6-15(3)21-18(19)20-12-11-16-7-9-17(13-22)10-8-16/h7-10,14-15,22H,4-6,11-13H2,1-3H3,(H3,19,20,21). The number of rotatable bonds is 9. The number of nitrogens with two attached hydrogens (primary N) is 1. The average molecular weight is 305 g/mol. The van der Waals surface area contributed by atoms with Crippen molar-refractivity contribution in [1.29, 1.82) is 0 Å². The number of nitrogens with one attached hydrogen (secondary N) is 1. The van der Waals surface area contributed by atoms with Crippen LogP contribution in [0.4, 0.5) is 0 Å². The molecule has 0 saturated heterocycles. The fraction of sp³-hybridized carbons (Fsp3) is 0.611. The van der Waals surface area contributed by atoms with Crippen molar-refractivity contribution in [2.45, 2.75) is 59.1 Å². The summed E-state index contributed by atoms with van der Waals surface area (Å²) >= 11 is 0. The molecular weight excluding hydrogens is 274 g/mol. The molecule has 0 bridgehead atoms. The first-order valence-corrected chi connectivity index (χ1v) is 8.26. The zero-order valence-corrected chi connectivity index (χ0v) is 14.2. The molecule has 0 spiro atoms. The zero-order chi connectivity index (χ0) is 16.4. The summed E-state index contributed by atoms with van der Waals surface area (Å²) in [6.07, 6.45) is 4.45. The minimum atomic E-state index is 0.0873. The van der Waals surface area contributed by atoms with Crippen molar-refractivity contribution in [2.24, 2.45) is 16.6 Å². The molecule has 0 aliphatic rings. The highest BCUT2D eigenvalue weighted by Gasteiger charge is 2.03. The molecule has 22 heavy (non-hydrogen) atoms. The topological polar surface area (TPSA) is 70.6 Å². The molecule has 1 aromatic rings. The van der Waals surface area contributed by atoms with Crippen LogP contribution in [0.2, 0.25) is 0 Å². The second-order valence-electron chi connectivity index (χ2n) is 6.36. The summed E-state index contributed by atoms with van der Waals surface area (Å²) < 4.78 is 0. The van der Waals surface area contributed by atoms with Gasteiger partial charge in [0, 0.05) is 12.6 Å². The Labute approximate surface area is 134 Å². The fourth-order valence-corrected chi connectivity index (χ4v) is 2.32. The maximum Gasteiger partial charge on any atom is 0.188 e. The van der Waals surface area contributed by atoms with Gasteiger partial charge in [0.05, 0.1) is 6.61 Å². The van der Waals surface area contributed by atoms with Crippen molar-refractivity contribution in [3.05, 3.63) is 35.4 Å². The molecule has 1 aromatic carbocycles. The predicted octanol–water partition coefficient (Wildman–Crippen LogP) is 2.84. The van der Waals surface area contributed by atoms with Gasteiger partial charge in [-0.15, -0.1) is 0 Å². The Morgan fingerprint density at radius 3 is 2.36 bits per heavy atom. The first-order valence-electron chi connectivity index (χ1n) is 8.26. The Morgan fingerprint density at radius 1 is 1.14 bits per heavy atom. The number of hydrogen-bond acceptors (Lipinski definition) is 2. The van der Waals surface area contributed by atoms with E-state index in [0.717, 1.165) is 24.3 Å². The van der Waals surface area contributed by atoms with Gasteiger partial charge < -0.3 is 16.2 Å². The van der Waals surface area contributed by atoms with Crippen LogP contribution in [0.25, 0.3) is 0 Å². The molecule has 1 unspecified atom stereocenters. The van der Waals surface area contributed by atoms with Gasteiger partial charge in [0.2, 0.25) is 0 Å². The molecule has 0 aliphatic carbocycles. The highest BCUT2D eigenvalue weighted by Crippen LogP contribution is 2.08. The summed E-state index contributed by atoms with van der Waals surface area (Å²) in [7, 11) is 0. The van der Waals surface area contributed by atoms with Crippen LogP contribution in [-0.2, 0) is 13.0 Å². The summed E-state index contributed by atoms with van der Waals surface area (Å²) in [4.78, 5) is 4.38. The van der Waals surface area contributed by atoms with Gasteiger partial charge in [-0.1, -0.05) is 51.0 Å². The van der Waals surface area contributed by atoms with E-state index in [0.29, 0.717) is 18.5 Å². The van der Waals surface area contributed by atoms with E-state index in [2.05, 4.69) is 31.1 Å². The van der Waals surface area contributed by atoms with Crippen molar-refractivity contribution in [3.63, 3.8) is 0 Å². The van der Waals surface area contributed by atoms with Crippen molar-refractivity contribution < 1.29 is 5.11 Å². The first-order chi connectivity index (χ1) is 10.5. The lowest BCUT2D eigenvalue weighted by atomic mass is 10.0. The Kier molecular flexibility index (Phi) is 8.60. The van der Waals surface area contributed by atoms with Crippen LogP contribution in [0.1, 0.15) is 51.2 Å². The molecule has 4 heteroatoms. The van der Waals surface area contributed by atoms with E-state index < -0.39 is 0 Å². The second-order valence-corrected chi connectivity index (χ2v) is 6.36. The lowest BCUT2D eigenvalue weighted by Gasteiger charge is -2.15. The molecule has 0 saturated carbocycles. The van der Waals surface area contributed by atoms with Crippen LogP contribution in [0, 0.1) is 5.92 Å². The lowest BCUT2D eigenvalue weighted by Crippen LogP contribution is -2.38. The molecule has 1 rings (SSSR count). The third-order valence-corrected chi connectivity index (χ3v) is 3.70. The summed E-state index contributed by atoms with van der Waals surface area (Å²) in [6.45, 7) is 7.42. The first kappa shape index (κ1) is 18.5. The van der Waals surface area contributed by atoms with E-state index in [9.17, 15) is 0 Å². The predicted molar refractivity (Wildman–Crippen MR) is 93.8 cm³/mol. The van der Waals surface area contributed by atoms with Crippen LogP contribution in [0.15, 0.2) is 29.3 Å². The van der Waals surface area contributed by atoms with Crippen LogP contribution < -0.4 is 11.1 Å². The van der Waals surface area contributed by atoms with Gasteiger partial charge in [0.25, 0.3) is 0 Å². The SMILES string of the molecule is CC(C)CCCC(C)NC(N)=NCCc1ccc(CO)cc1. The number of nitrogens with zero attached hydrogens (tertiary/aromatic N) is 1. The molecule has 0 heterocycles. The summed E-state index contributed by atoms with van der Waals surface area (Å²) in [5.41, 5.74) is 8.06. The monoisotopic (exact) mass is 305 g/mol. The van der Waals surface area contributed by atoms with Crippen molar-refractivity contribution in [1.82, 2.24) is 5.32 Å². The van der Waals surface area contributed by atoms with E-state index in [-0.39, 0.29) is 6.61 Å². The average Bonchev–Trinajstić information content (AvgIpc) is 2.47. The minimum Gasteiger partial charge on any atom is -0.392 e. The van der Waals surface area contributed by atoms with Gasteiger partial charge >= 0.3 is 0 Å². The van der Waals surface area contributed by atoms with Gasteiger partial charge in [-0.2, -0.15) is 0 Å². The third-order valence-electron chi connectivity index (χ3n) is 3.70. The highest BCUT2D eigenvalue weighted by atomic mass is 16.3. The van der Waals surface area contributed by atoms with Crippen LogP contribution in [0.5, 0.6) is 0 Å². The smallest absolute Gasteiger partial charge is 0.188 e. The fourth-order valence-electron chi connectivity index (χ4n) is 2.32. The van der Waals surface area contributed by atoms with E-state index in [4.69, 9.17) is 10.8 Å². The normalized spacial score (nSPS) is 13.4. The largest absolute Gasteiger partial charge is 0.392 e. The molecule has 4 nitrogen and oxygen atoms in total. The number of aliphatic hydroxyl groups excluding tert-OH is 1. The van der Waals surface area contributed by atoms with Gasteiger partial charge in [0.1, 0.15) is 0 Å². The molecule has 0 radical (unpaired) electrons. The Morgan fingerprint density at radius 2 is 1.77 bits per heavy atom. The summed E-state index contributed by atoms with van der Waals surface area (Å²) in [5, 5.41) is 12.3. The van der Waals surface area contributed by atoms with Gasteiger partial charge in [-0.25, -0.2) is 0 Å². The summed E-state index contributed by atoms with van der Waals surface area (Å²) in [5.74, 6) is 1.29. The molecule has 1 atom stereocenters. The van der Waals surface area contributed by atoms with E-state index in [1.54, 1.807) is 0 Å². The number of benzene rings is 1. The number of hydrogen-bond donors (Lipinski definition) is 3. The van der Waals surface area contributed by atoms with E-state index in [1.165, 1.54) is 18.4 Å². The van der Waals surface area contributed by atoms with Gasteiger partial charge in [-0.05, 0) is 36.8 Å². The Hall–Kier alpha value is -1.55. The summed E-state index contributed by atoms with van der Waals surface area (Å²) in [6, 6.07) is 8.30. The molecule has 124 valence electrons. The van der Waals surface area contributed by atoms with E-state index in [1.807, 2.05) is 24.3 Å². The molecule has 0 aromatic heterocycles. The maximum absolute atomic E-state index is 9.01.